The average Bonchev–Trinajstić information content (AvgIpc) is 1.46. The molecule has 2 bridgehead atoms. The second-order valence-corrected chi connectivity index (χ2v) is 6.48. The third-order valence-corrected chi connectivity index (χ3v) is 5.23. The van der Waals surface area contributed by atoms with Gasteiger partial charge in [0.2, 0.25) is 0 Å². The zero-order chi connectivity index (χ0) is 9.20. The Bertz CT molecular complexity index is 334. The number of hydrogen-bond acceptors (Lipinski definition) is 3. The van der Waals surface area contributed by atoms with E-state index in [2.05, 4.69) is 0 Å². The molecule has 68 valence electrons. The van der Waals surface area contributed by atoms with Gasteiger partial charge >= 0.3 is 5.97 Å². The Balaban J connectivity index is 2.20. The van der Waals surface area contributed by atoms with E-state index in [4.69, 9.17) is 5.11 Å². The first-order chi connectivity index (χ1) is 5.31. The summed E-state index contributed by atoms with van der Waals surface area (Å²) in [5.41, 5.74) is -0.678. The molecule has 0 aromatic carbocycles. The van der Waals surface area contributed by atoms with E-state index < -0.39 is 26.0 Å². The van der Waals surface area contributed by atoms with Crippen LogP contribution < -0.4 is 0 Å². The van der Waals surface area contributed by atoms with Crippen LogP contribution in [0.4, 0.5) is 0 Å². The highest BCUT2D eigenvalue weighted by atomic mass is 32.2. The van der Waals surface area contributed by atoms with Crippen molar-refractivity contribution in [1.82, 2.24) is 0 Å². The molecule has 0 aromatic heterocycles. The Labute approximate surface area is 70.5 Å². The third-order valence-electron chi connectivity index (χ3n) is 3.22. The monoisotopic (exact) mass is 190 g/mol. The summed E-state index contributed by atoms with van der Waals surface area (Å²) in [6.45, 7) is 0. The standard InChI is InChI=1S/C7H10O4S/c1-12(10,11)7-2-6(3-7,4-7)5(8)9/h2-4H2,1H3,(H,8,9). The quantitative estimate of drug-likeness (QED) is 0.667. The van der Waals surface area contributed by atoms with E-state index >= 15 is 0 Å². The van der Waals surface area contributed by atoms with Gasteiger partial charge in [0.15, 0.2) is 9.84 Å². The van der Waals surface area contributed by atoms with Crippen LogP contribution in [0.5, 0.6) is 0 Å². The Morgan fingerprint density at radius 2 is 1.75 bits per heavy atom. The molecule has 0 spiro atoms. The largest absolute Gasteiger partial charge is 0.481 e. The summed E-state index contributed by atoms with van der Waals surface area (Å²) in [7, 11) is -3.03. The van der Waals surface area contributed by atoms with Gasteiger partial charge in [-0.3, -0.25) is 4.79 Å². The molecular weight excluding hydrogens is 180 g/mol. The number of sulfone groups is 1. The van der Waals surface area contributed by atoms with Gasteiger partial charge in [-0.05, 0) is 19.3 Å². The molecule has 0 heterocycles. The van der Waals surface area contributed by atoms with E-state index in [0.717, 1.165) is 0 Å². The fourth-order valence-electron chi connectivity index (χ4n) is 2.31. The Kier molecular flexibility index (Phi) is 1.13. The second kappa shape index (κ2) is 1.69. The number of rotatable bonds is 2. The fraction of sp³-hybridized carbons (Fsp3) is 0.857. The molecule has 12 heavy (non-hydrogen) atoms. The van der Waals surface area contributed by atoms with Crippen LogP contribution in [0.3, 0.4) is 0 Å². The zero-order valence-electron chi connectivity index (χ0n) is 6.70. The lowest BCUT2D eigenvalue weighted by Crippen LogP contribution is -2.73. The van der Waals surface area contributed by atoms with Crippen molar-refractivity contribution in [2.45, 2.75) is 24.0 Å². The molecule has 3 saturated carbocycles. The molecule has 0 aromatic rings. The summed E-state index contributed by atoms with van der Waals surface area (Å²) in [4.78, 5) is 10.6. The SMILES string of the molecule is CS(=O)(=O)C12CC(C(=O)O)(C1)C2. The van der Waals surface area contributed by atoms with Gasteiger partial charge in [0, 0.05) is 6.26 Å². The van der Waals surface area contributed by atoms with E-state index in [1.807, 2.05) is 0 Å². The van der Waals surface area contributed by atoms with Crippen molar-refractivity contribution >= 4 is 15.8 Å². The fourth-order valence-corrected chi connectivity index (χ4v) is 3.93. The molecule has 0 unspecified atom stereocenters. The Morgan fingerprint density at radius 3 is 2.00 bits per heavy atom. The van der Waals surface area contributed by atoms with Gasteiger partial charge in [-0.2, -0.15) is 0 Å². The summed E-state index contributed by atoms with van der Waals surface area (Å²) in [6.07, 6.45) is 2.18. The van der Waals surface area contributed by atoms with E-state index in [-0.39, 0.29) is 0 Å². The first kappa shape index (κ1) is 8.04. The minimum Gasteiger partial charge on any atom is -0.481 e. The normalized spacial score (nSPS) is 44.4. The van der Waals surface area contributed by atoms with Crippen molar-refractivity contribution in [3.05, 3.63) is 0 Å². The molecule has 0 atom stereocenters. The number of hydrogen-bond donors (Lipinski definition) is 1. The highest BCUT2D eigenvalue weighted by molar-refractivity contribution is 7.92. The van der Waals surface area contributed by atoms with Gasteiger partial charge in [0.1, 0.15) is 0 Å². The minimum absolute atomic E-state index is 0.328. The van der Waals surface area contributed by atoms with Crippen LogP contribution in [0.1, 0.15) is 19.3 Å². The number of aliphatic carboxylic acids is 1. The topological polar surface area (TPSA) is 71.4 Å². The maximum Gasteiger partial charge on any atom is 0.309 e. The number of carboxylic acids is 1. The van der Waals surface area contributed by atoms with Crippen molar-refractivity contribution in [2.24, 2.45) is 5.41 Å². The van der Waals surface area contributed by atoms with Gasteiger partial charge in [0.25, 0.3) is 0 Å². The first-order valence-electron chi connectivity index (χ1n) is 3.74. The van der Waals surface area contributed by atoms with Crippen LogP contribution in [-0.2, 0) is 14.6 Å². The molecule has 3 aliphatic rings. The molecule has 1 N–H and O–H groups in total. The lowest BCUT2D eigenvalue weighted by Gasteiger charge is -2.66. The van der Waals surface area contributed by atoms with Crippen molar-refractivity contribution in [2.75, 3.05) is 6.26 Å². The van der Waals surface area contributed by atoms with Crippen LogP contribution in [0, 0.1) is 5.41 Å². The predicted molar refractivity (Wildman–Crippen MR) is 41.5 cm³/mol. The molecule has 0 saturated heterocycles. The van der Waals surface area contributed by atoms with Crippen LogP contribution in [0.2, 0.25) is 0 Å². The highest BCUT2D eigenvalue weighted by Gasteiger charge is 2.76. The van der Waals surface area contributed by atoms with E-state index in [0.29, 0.717) is 19.3 Å². The van der Waals surface area contributed by atoms with Crippen molar-refractivity contribution in [1.29, 1.82) is 0 Å². The smallest absolute Gasteiger partial charge is 0.309 e. The summed E-state index contributed by atoms with van der Waals surface area (Å²) in [6, 6.07) is 0. The third kappa shape index (κ3) is 0.635. The van der Waals surface area contributed by atoms with Crippen LogP contribution in [0.25, 0.3) is 0 Å². The first-order valence-corrected chi connectivity index (χ1v) is 5.64. The van der Waals surface area contributed by atoms with Gasteiger partial charge in [-0.1, -0.05) is 0 Å². The molecule has 0 radical (unpaired) electrons. The molecule has 3 aliphatic carbocycles. The van der Waals surface area contributed by atoms with E-state index in [1.54, 1.807) is 0 Å². The molecular formula is C7H10O4S. The van der Waals surface area contributed by atoms with E-state index in [9.17, 15) is 13.2 Å². The maximum absolute atomic E-state index is 11.1. The maximum atomic E-state index is 11.1. The Morgan fingerprint density at radius 1 is 1.33 bits per heavy atom. The van der Waals surface area contributed by atoms with Gasteiger partial charge < -0.3 is 5.11 Å². The Hall–Kier alpha value is -0.580. The van der Waals surface area contributed by atoms with Crippen molar-refractivity contribution in [3.8, 4) is 0 Å². The lowest BCUT2D eigenvalue weighted by atomic mass is 9.43. The van der Waals surface area contributed by atoms with Crippen molar-refractivity contribution < 1.29 is 18.3 Å². The lowest BCUT2D eigenvalue weighted by molar-refractivity contribution is -0.178. The molecule has 0 aliphatic heterocycles. The van der Waals surface area contributed by atoms with Crippen LogP contribution >= 0.6 is 0 Å². The predicted octanol–water partition coefficient (Wildman–Crippen LogP) is 0.0383. The summed E-state index contributed by atoms with van der Waals surface area (Å²) in [5.74, 6) is -0.840. The van der Waals surface area contributed by atoms with Crippen LogP contribution in [-0.4, -0.2) is 30.5 Å². The molecule has 3 fully saturated rings. The molecule has 4 nitrogen and oxygen atoms in total. The van der Waals surface area contributed by atoms with Crippen molar-refractivity contribution in [3.63, 3.8) is 0 Å². The van der Waals surface area contributed by atoms with Crippen LogP contribution in [0.15, 0.2) is 0 Å². The zero-order valence-corrected chi connectivity index (χ0v) is 7.52. The second-order valence-electron chi connectivity index (χ2n) is 4.07. The molecule has 3 rings (SSSR count). The molecule has 5 heteroatoms. The number of carbonyl (C=O) groups is 1. The summed E-state index contributed by atoms with van der Waals surface area (Å²) >= 11 is 0. The van der Waals surface area contributed by atoms with Gasteiger partial charge in [-0.25, -0.2) is 8.42 Å². The molecule has 0 amide bonds. The average molecular weight is 190 g/mol. The summed E-state index contributed by atoms with van der Waals surface area (Å²) in [5, 5.41) is 8.72. The number of carboxylic acid groups (broad SMARTS) is 1. The van der Waals surface area contributed by atoms with E-state index in [1.165, 1.54) is 6.26 Å². The van der Waals surface area contributed by atoms with Gasteiger partial charge in [0.05, 0.1) is 10.2 Å². The summed E-state index contributed by atoms with van der Waals surface area (Å²) < 4.78 is 21.6. The van der Waals surface area contributed by atoms with Gasteiger partial charge in [-0.15, -0.1) is 0 Å². The minimum atomic E-state index is -3.03. The highest BCUT2D eigenvalue weighted by Crippen LogP contribution is 2.70.